The molecule has 5 aromatic rings. The van der Waals surface area contributed by atoms with E-state index in [-0.39, 0.29) is 17.7 Å². The van der Waals surface area contributed by atoms with E-state index in [4.69, 9.17) is 27.9 Å². The molecule has 2 amide bonds. The van der Waals surface area contributed by atoms with Crippen molar-refractivity contribution in [3.05, 3.63) is 98.5 Å². The molecule has 0 radical (unpaired) electrons. The number of aromatic nitrogens is 4. The third-order valence-electron chi connectivity index (χ3n) is 5.76. The standard InChI is InChI=1S/C26H20Cl2N6O4/c1-2-33-23(35)18-8-3-4-9-21(18)34-22(31-32-26(33)34)14-38-24(36)15-6-5-7-16(12-15)29-25(37)30-17-10-11-19(27)20(28)13-17/h3-13H,2,14H2,1H3,(H2,29,30,37). The van der Waals surface area contributed by atoms with Gasteiger partial charge in [0.1, 0.15) is 0 Å². The summed E-state index contributed by atoms with van der Waals surface area (Å²) < 4.78 is 8.73. The zero-order chi connectivity index (χ0) is 26.8. The number of esters is 1. The fourth-order valence-electron chi connectivity index (χ4n) is 4.00. The van der Waals surface area contributed by atoms with Crippen LogP contribution in [0, 0.1) is 0 Å². The van der Waals surface area contributed by atoms with Crippen molar-refractivity contribution in [2.75, 3.05) is 10.6 Å². The fraction of sp³-hybridized carbons (Fsp3) is 0.115. The van der Waals surface area contributed by atoms with E-state index in [0.29, 0.717) is 50.5 Å². The van der Waals surface area contributed by atoms with Gasteiger partial charge in [-0.3, -0.25) is 13.8 Å². The number of anilines is 2. The summed E-state index contributed by atoms with van der Waals surface area (Å²) in [7, 11) is 0. The van der Waals surface area contributed by atoms with Crippen LogP contribution in [0.3, 0.4) is 0 Å². The minimum atomic E-state index is -0.622. The average Bonchev–Trinajstić information content (AvgIpc) is 3.33. The second-order valence-electron chi connectivity index (χ2n) is 8.18. The normalized spacial score (nSPS) is 11.0. The molecule has 2 N–H and O–H groups in total. The van der Waals surface area contributed by atoms with Crippen LogP contribution in [-0.4, -0.2) is 31.2 Å². The Morgan fingerprint density at radius 2 is 1.68 bits per heavy atom. The molecular weight excluding hydrogens is 531 g/mol. The highest BCUT2D eigenvalue weighted by molar-refractivity contribution is 6.42. The Morgan fingerprint density at radius 3 is 2.45 bits per heavy atom. The number of hydrogen-bond donors (Lipinski definition) is 2. The number of urea groups is 1. The first kappa shape index (κ1) is 25.2. The molecule has 0 saturated carbocycles. The number of fused-ring (bicyclic) bond motifs is 3. The Kier molecular flexibility index (Phi) is 6.99. The molecule has 0 unspecified atom stereocenters. The van der Waals surface area contributed by atoms with Gasteiger partial charge >= 0.3 is 12.0 Å². The lowest BCUT2D eigenvalue weighted by molar-refractivity contribution is 0.0461. The summed E-state index contributed by atoms with van der Waals surface area (Å²) in [6.07, 6.45) is 0. The molecule has 0 aliphatic carbocycles. The molecule has 2 aromatic heterocycles. The highest BCUT2D eigenvalue weighted by Gasteiger charge is 2.17. The van der Waals surface area contributed by atoms with Gasteiger partial charge in [-0.1, -0.05) is 41.4 Å². The Labute approximate surface area is 225 Å². The minimum absolute atomic E-state index is 0.168. The number of ether oxygens (including phenoxy) is 1. The number of hydrogen-bond acceptors (Lipinski definition) is 6. The number of nitrogens with zero attached hydrogens (tertiary/aromatic N) is 4. The highest BCUT2D eigenvalue weighted by atomic mass is 35.5. The van der Waals surface area contributed by atoms with Gasteiger partial charge in [-0.15, -0.1) is 10.2 Å². The Balaban J connectivity index is 1.32. The molecule has 192 valence electrons. The maximum absolute atomic E-state index is 12.8. The smallest absolute Gasteiger partial charge is 0.338 e. The van der Waals surface area contributed by atoms with Crippen molar-refractivity contribution in [2.45, 2.75) is 20.1 Å². The van der Waals surface area contributed by atoms with Crippen molar-refractivity contribution in [3.63, 3.8) is 0 Å². The van der Waals surface area contributed by atoms with E-state index in [2.05, 4.69) is 20.8 Å². The first-order valence-electron chi connectivity index (χ1n) is 11.5. The van der Waals surface area contributed by atoms with Crippen LogP contribution < -0.4 is 16.2 Å². The molecule has 3 aromatic carbocycles. The first-order valence-corrected chi connectivity index (χ1v) is 12.3. The molecule has 0 atom stereocenters. The highest BCUT2D eigenvalue weighted by Crippen LogP contribution is 2.25. The van der Waals surface area contributed by atoms with Crippen LogP contribution in [0.15, 0.2) is 71.5 Å². The molecule has 0 aliphatic heterocycles. The van der Waals surface area contributed by atoms with Gasteiger partial charge in [-0.25, -0.2) is 9.59 Å². The van der Waals surface area contributed by atoms with Gasteiger partial charge in [-0.2, -0.15) is 0 Å². The molecule has 0 bridgehead atoms. The third kappa shape index (κ3) is 4.91. The summed E-state index contributed by atoms with van der Waals surface area (Å²) in [4.78, 5) is 38.0. The Morgan fingerprint density at radius 1 is 0.921 bits per heavy atom. The van der Waals surface area contributed by atoms with E-state index in [0.717, 1.165) is 0 Å². The van der Waals surface area contributed by atoms with Crippen molar-refractivity contribution in [1.82, 2.24) is 19.2 Å². The van der Waals surface area contributed by atoms with Gasteiger partial charge in [0.25, 0.3) is 5.56 Å². The number of amides is 2. The summed E-state index contributed by atoms with van der Waals surface area (Å²) in [5.74, 6) is 0.104. The monoisotopic (exact) mass is 550 g/mol. The van der Waals surface area contributed by atoms with Crippen LogP contribution in [0.2, 0.25) is 10.0 Å². The molecule has 0 spiro atoms. The van der Waals surface area contributed by atoms with E-state index in [1.54, 1.807) is 52.9 Å². The Hall–Kier alpha value is -4.41. The quantitative estimate of drug-likeness (QED) is 0.274. The number of aryl methyl sites for hydroxylation is 1. The first-order chi connectivity index (χ1) is 18.4. The van der Waals surface area contributed by atoms with E-state index in [1.807, 2.05) is 13.0 Å². The number of rotatable bonds is 6. The van der Waals surface area contributed by atoms with Gasteiger partial charge in [-0.05, 0) is 55.5 Å². The van der Waals surface area contributed by atoms with E-state index >= 15 is 0 Å². The molecule has 0 saturated heterocycles. The van der Waals surface area contributed by atoms with E-state index < -0.39 is 12.0 Å². The second kappa shape index (κ2) is 10.5. The van der Waals surface area contributed by atoms with Crippen molar-refractivity contribution in [3.8, 4) is 0 Å². The van der Waals surface area contributed by atoms with Crippen molar-refractivity contribution in [1.29, 1.82) is 0 Å². The lowest BCUT2D eigenvalue weighted by atomic mass is 10.2. The van der Waals surface area contributed by atoms with Crippen LogP contribution >= 0.6 is 23.2 Å². The maximum atomic E-state index is 12.8. The summed E-state index contributed by atoms with van der Waals surface area (Å²) in [6, 6.07) is 17.6. The minimum Gasteiger partial charge on any atom is -0.454 e. The molecule has 38 heavy (non-hydrogen) atoms. The van der Waals surface area contributed by atoms with Gasteiger partial charge in [0.2, 0.25) is 5.78 Å². The van der Waals surface area contributed by atoms with E-state index in [9.17, 15) is 14.4 Å². The second-order valence-corrected chi connectivity index (χ2v) is 9.00. The van der Waals surface area contributed by atoms with E-state index in [1.165, 1.54) is 16.7 Å². The largest absolute Gasteiger partial charge is 0.454 e. The molecule has 12 heteroatoms. The molecule has 2 heterocycles. The summed E-state index contributed by atoms with van der Waals surface area (Å²) in [6.45, 7) is 2.07. The van der Waals surface area contributed by atoms with Crippen LogP contribution in [-0.2, 0) is 17.9 Å². The SMILES string of the molecule is CCn1c(=O)c2ccccc2n2c(COC(=O)c3cccc(NC(=O)Nc4ccc(Cl)c(Cl)c4)c3)nnc12. The number of carbonyl (C=O) groups excluding carboxylic acids is 2. The molecule has 10 nitrogen and oxygen atoms in total. The lowest BCUT2D eigenvalue weighted by Gasteiger charge is -2.11. The summed E-state index contributed by atoms with van der Waals surface area (Å²) in [5, 5.41) is 14.8. The van der Waals surface area contributed by atoms with Gasteiger partial charge < -0.3 is 15.4 Å². The van der Waals surface area contributed by atoms with Crippen LogP contribution in [0.25, 0.3) is 16.7 Å². The number of para-hydroxylation sites is 1. The lowest BCUT2D eigenvalue weighted by Crippen LogP contribution is -2.22. The molecule has 5 rings (SSSR count). The average molecular weight is 551 g/mol. The predicted octanol–water partition coefficient (Wildman–Crippen LogP) is 5.37. The topological polar surface area (TPSA) is 120 Å². The van der Waals surface area contributed by atoms with Crippen molar-refractivity contribution >= 4 is 63.3 Å². The van der Waals surface area contributed by atoms with Crippen LogP contribution in [0.4, 0.5) is 16.2 Å². The number of benzene rings is 3. The van der Waals surface area contributed by atoms with Crippen molar-refractivity contribution in [2.24, 2.45) is 0 Å². The molecule has 0 aliphatic rings. The van der Waals surface area contributed by atoms with Gasteiger partial charge in [0, 0.05) is 17.9 Å². The zero-order valence-corrected chi connectivity index (χ0v) is 21.5. The van der Waals surface area contributed by atoms with Crippen LogP contribution in [0.5, 0.6) is 0 Å². The van der Waals surface area contributed by atoms with Gasteiger partial charge in [0.05, 0.1) is 26.5 Å². The summed E-state index contributed by atoms with van der Waals surface area (Å²) >= 11 is 11.9. The maximum Gasteiger partial charge on any atom is 0.338 e. The number of carbonyl (C=O) groups is 2. The zero-order valence-electron chi connectivity index (χ0n) is 19.9. The molecular formula is C26H20Cl2N6O4. The van der Waals surface area contributed by atoms with Crippen molar-refractivity contribution < 1.29 is 14.3 Å². The van der Waals surface area contributed by atoms with Gasteiger partial charge in [0.15, 0.2) is 12.4 Å². The number of halogens is 2. The number of nitrogens with one attached hydrogen (secondary N) is 2. The fourth-order valence-corrected chi connectivity index (χ4v) is 4.30. The molecule has 0 fully saturated rings. The predicted molar refractivity (Wildman–Crippen MR) is 145 cm³/mol. The van der Waals surface area contributed by atoms with Crippen LogP contribution in [0.1, 0.15) is 23.1 Å². The Bertz CT molecular complexity index is 1760. The third-order valence-corrected chi connectivity index (χ3v) is 6.50. The summed E-state index contributed by atoms with van der Waals surface area (Å²) in [5.41, 5.74) is 1.50.